The van der Waals surface area contributed by atoms with E-state index < -0.39 is 0 Å². The Balaban J connectivity index is 1.88. The lowest BCUT2D eigenvalue weighted by Crippen LogP contribution is -2.16. The molecule has 23 heavy (non-hydrogen) atoms. The summed E-state index contributed by atoms with van der Waals surface area (Å²) in [4.78, 5) is 15.2. The summed E-state index contributed by atoms with van der Waals surface area (Å²) in [6.45, 7) is 2.62. The Morgan fingerprint density at radius 2 is 1.91 bits per heavy atom. The minimum Gasteiger partial charge on any atom is -0.497 e. The zero-order valence-electron chi connectivity index (χ0n) is 13.3. The van der Waals surface area contributed by atoms with E-state index >= 15 is 0 Å². The molecule has 0 radical (unpaired) electrons. The molecule has 0 atom stereocenters. The van der Waals surface area contributed by atoms with E-state index in [2.05, 4.69) is 23.3 Å². The average Bonchev–Trinajstić information content (AvgIpc) is 2.59. The Labute approximate surface area is 135 Å². The first-order valence-electron chi connectivity index (χ1n) is 7.73. The number of fused-ring (bicyclic) bond motifs is 1. The van der Waals surface area contributed by atoms with E-state index in [0.717, 1.165) is 28.8 Å². The number of hydrogen-bond donors (Lipinski definition) is 2. The largest absolute Gasteiger partial charge is 0.497 e. The molecule has 3 rings (SSSR count). The van der Waals surface area contributed by atoms with Gasteiger partial charge in [0.1, 0.15) is 5.75 Å². The fourth-order valence-corrected chi connectivity index (χ4v) is 2.68. The SMILES string of the molecule is CCc1ccccc1NCc1cc2ccc(OC)cc2[nH]c1=O. The van der Waals surface area contributed by atoms with Crippen LogP contribution in [0.3, 0.4) is 0 Å². The monoisotopic (exact) mass is 308 g/mol. The number of benzene rings is 2. The molecule has 3 aromatic rings. The number of aromatic amines is 1. The molecule has 1 heterocycles. The fourth-order valence-electron chi connectivity index (χ4n) is 2.68. The minimum absolute atomic E-state index is 0.0766. The first-order chi connectivity index (χ1) is 11.2. The van der Waals surface area contributed by atoms with Crippen molar-refractivity contribution in [3.8, 4) is 5.75 Å². The van der Waals surface area contributed by atoms with Crippen LogP contribution in [0.15, 0.2) is 53.3 Å². The Morgan fingerprint density at radius 3 is 2.70 bits per heavy atom. The molecule has 0 saturated carbocycles. The Kier molecular flexibility index (Phi) is 4.33. The predicted octanol–water partition coefficient (Wildman–Crippen LogP) is 3.71. The Bertz CT molecular complexity index is 884. The van der Waals surface area contributed by atoms with Gasteiger partial charge in [-0.1, -0.05) is 25.1 Å². The van der Waals surface area contributed by atoms with Gasteiger partial charge in [-0.2, -0.15) is 0 Å². The number of ether oxygens (including phenoxy) is 1. The third kappa shape index (κ3) is 3.21. The van der Waals surface area contributed by atoms with E-state index in [-0.39, 0.29) is 5.56 Å². The van der Waals surface area contributed by atoms with Crippen molar-refractivity contribution in [3.05, 3.63) is 70.0 Å². The van der Waals surface area contributed by atoms with Gasteiger partial charge in [-0.25, -0.2) is 0 Å². The smallest absolute Gasteiger partial charge is 0.253 e. The van der Waals surface area contributed by atoms with Crippen LogP contribution in [0.5, 0.6) is 5.75 Å². The molecule has 1 aromatic heterocycles. The summed E-state index contributed by atoms with van der Waals surface area (Å²) in [6, 6.07) is 15.8. The van der Waals surface area contributed by atoms with Crippen LogP contribution in [0, 0.1) is 0 Å². The Hall–Kier alpha value is -2.75. The predicted molar refractivity (Wildman–Crippen MR) is 94.3 cm³/mol. The van der Waals surface area contributed by atoms with E-state index in [1.165, 1.54) is 5.56 Å². The topological polar surface area (TPSA) is 54.1 Å². The van der Waals surface area contributed by atoms with Crippen LogP contribution < -0.4 is 15.6 Å². The average molecular weight is 308 g/mol. The van der Waals surface area contributed by atoms with Crippen LogP contribution in [-0.4, -0.2) is 12.1 Å². The molecule has 0 unspecified atom stereocenters. The standard InChI is InChI=1S/C19H20N2O2/c1-3-13-6-4-5-7-17(13)20-12-15-10-14-8-9-16(23-2)11-18(14)21-19(15)22/h4-11,20H,3,12H2,1-2H3,(H,21,22). The molecule has 0 fully saturated rings. The lowest BCUT2D eigenvalue weighted by atomic mass is 10.1. The molecule has 4 heteroatoms. The maximum Gasteiger partial charge on any atom is 0.253 e. The number of nitrogens with one attached hydrogen (secondary N) is 2. The van der Waals surface area contributed by atoms with Crippen LogP contribution in [0.1, 0.15) is 18.1 Å². The molecule has 0 amide bonds. The second kappa shape index (κ2) is 6.57. The van der Waals surface area contributed by atoms with E-state index in [0.29, 0.717) is 12.1 Å². The zero-order chi connectivity index (χ0) is 16.2. The molecule has 0 aliphatic heterocycles. The highest BCUT2D eigenvalue weighted by molar-refractivity contribution is 5.80. The summed E-state index contributed by atoms with van der Waals surface area (Å²) < 4.78 is 5.19. The van der Waals surface area contributed by atoms with Crippen molar-refractivity contribution < 1.29 is 4.74 Å². The quantitative estimate of drug-likeness (QED) is 0.755. The van der Waals surface area contributed by atoms with E-state index in [1.54, 1.807) is 7.11 Å². The first kappa shape index (κ1) is 15.2. The summed E-state index contributed by atoms with van der Waals surface area (Å²) in [7, 11) is 1.61. The van der Waals surface area contributed by atoms with Gasteiger partial charge in [0.05, 0.1) is 12.6 Å². The summed E-state index contributed by atoms with van der Waals surface area (Å²) in [5.74, 6) is 0.732. The minimum atomic E-state index is -0.0766. The van der Waals surface area contributed by atoms with Gasteiger partial charge in [0.15, 0.2) is 0 Å². The fraction of sp³-hybridized carbons (Fsp3) is 0.211. The molecule has 0 bridgehead atoms. The van der Waals surface area contributed by atoms with Gasteiger partial charge in [0.2, 0.25) is 0 Å². The Morgan fingerprint density at radius 1 is 1.09 bits per heavy atom. The molecular weight excluding hydrogens is 288 g/mol. The van der Waals surface area contributed by atoms with Crippen LogP contribution in [0.25, 0.3) is 10.9 Å². The van der Waals surface area contributed by atoms with Gasteiger partial charge in [-0.15, -0.1) is 0 Å². The summed E-state index contributed by atoms with van der Waals surface area (Å²) in [5, 5.41) is 4.36. The lowest BCUT2D eigenvalue weighted by molar-refractivity contribution is 0.415. The van der Waals surface area contributed by atoms with Crippen molar-refractivity contribution in [2.45, 2.75) is 19.9 Å². The molecule has 2 N–H and O–H groups in total. The van der Waals surface area contributed by atoms with Crippen molar-refractivity contribution in [2.24, 2.45) is 0 Å². The number of rotatable bonds is 5. The number of H-pyrrole nitrogens is 1. The molecule has 2 aromatic carbocycles. The number of hydrogen-bond acceptors (Lipinski definition) is 3. The van der Waals surface area contributed by atoms with Crippen molar-refractivity contribution in [3.63, 3.8) is 0 Å². The second-order valence-corrected chi connectivity index (χ2v) is 5.44. The lowest BCUT2D eigenvalue weighted by Gasteiger charge is -2.11. The van der Waals surface area contributed by atoms with Gasteiger partial charge < -0.3 is 15.0 Å². The van der Waals surface area contributed by atoms with Gasteiger partial charge in [-0.05, 0) is 41.6 Å². The van der Waals surface area contributed by atoms with Gasteiger partial charge >= 0.3 is 0 Å². The van der Waals surface area contributed by atoms with Crippen LogP contribution in [0.2, 0.25) is 0 Å². The number of anilines is 1. The summed E-state index contributed by atoms with van der Waals surface area (Å²) in [5.41, 5.74) is 3.74. The van der Waals surface area contributed by atoms with Gasteiger partial charge in [0.25, 0.3) is 5.56 Å². The van der Waals surface area contributed by atoms with Gasteiger partial charge in [-0.3, -0.25) is 4.79 Å². The highest BCUT2D eigenvalue weighted by Crippen LogP contribution is 2.20. The van der Waals surface area contributed by atoms with Gasteiger partial charge in [0, 0.05) is 23.9 Å². The van der Waals surface area contributed by atoms with Crippen molar-refractivity contribution in [1.82, 2.24) is 4.98 Å². The highest BCUT2D eigenvalue weighted by Gasteiger charge is 2.05. The maximum absolute atomic E-state index is 12.3. The summed E-state index contributed by atoms with van der Waals surface area (Å²) in [6.07, 6.45) is 0.955. The number of pyridine rings is 1. The van der Waals surface area contributed by atoms with Crippen molar-refractivity contribution in [1.29, 1.82) is 0 Å². The molecule has 0 saturated heterocycles. The van der Waals surface area contributed by atoms with E-state index in [9.17, 15) is 4.79 Å². The van der Waals surface area contributed by atoms with Crippen molar-refractivity contribution >= 4 is 16.6 Å². The maximum atomic E-state index is 12.3. The molecule has 0 spiro atoms. The molecule has 118 valence electrons. The molecular formula is C19H20N2O2. The van der Waals surface area contributed by atoms with Crippen LogP contribution in [-0.2, 0) is 13.0 Å². The van der Waals surface area contributed by atoms with E-state index in [1.807, 2.05) is 42.5 Å². The molecule has 4 nitrogen and oxygen atoms in total. The summed E-state index contributed by atoms with van der Waals surface area (Å²) >= 11 is 0. The zero-order valence-corrected chi connectivity index (χ0v) is 13.3. The normalized spacial score (nSPS) is 10.7. The number of aromatic nitrogens is 1. The number of aryl methyl sites for hydroxylation is 1. The molecule has 0 aliphatic rings. The highest BCUT2D eigenvalue weighted by atomic mass is 16.5. The molecule has 0 aliphatic carbocycles. The van der Waals surface area contributed by atoms with Crippen LogP contribution in [0.4, 0.5) is 5.69 Å². The van der Waals surface area contributed by atoms with Crippen molar-refractivity contribution in [2.75, 3.05) is 12.4 Å². The van der Waals surface area contributed by atoms with E-state index in [4.69, 9.17) is 4.74 Å². The number of para-hydroxylation sites is 1. The second-order valence-electron chi connectivity index (χ2n) is 5.44. The third-order valence-corrected chi connectivity index (χ3v) is 4.00. The number of methoxy groups -OCH3 is 1. The first-order valence-corrected chi connectivity index (χ1v) is 7.73. The van der Waals surface area contributed by atoms with Crippen LogP contribution >= 0.6 is 0 Å². The third-order valence-electron chi connectivity index (χ3n) is 4.00.